The van der Waals surface area contributed by atoms with Crippen molar-refractivity contribution in [1.29, 1.82) is 0 Å². The number of hydrogen-bond acceptors (Lipinski definition) is 3. The van der Waals surface area contributed by atoms with Crippen LogP contribution in [0.25, 0.3) is 0 Å². The van der Waals surface area contributed by atoms with E-state index in [0.29, 0.717) is 31.5 Å². The lowest BCUT2D eigenvalue weighted by Gasteiger charge is -2.43. The Kier molecular flexibility index (Phi) is 4.55. The number of rotatable bonds is 2. The van der Waals surface area contributed by atoms with Crippen molar-refractivity contribution in [3.05, 3.63) is 66.0 Å². The average Bonchev–Trinajstić information content (AvgIpc) is 2.92. The Morgan fingerprint density at radius 3 is 2.41 bits per heavy atom. The van der Waals surface area contributed by atoms with Crippen molar-refractivity contribution < 1.29 is 18.2 Å². The van der Waals surface area contributed by atoms with Crippen LogP contribution in [-0.4, -0.2) is 44.6 Å². The topological polar surface area (TPSA) is 57.7 Å². The van der Waals surface area contributed by atoms with Gasteiger partial charge in [-0.1, -0.05) is 24.3 Å². The fourth-order valence-corrected chi connectivity index (χ4v) is 5.58. The molecule has 7 heteroatoms. The first-order chi connectivity index (χ1) is 13.0. The van der Waals surface area contributed by atoms with Crippen LogP contribution in [-0.2, 0) is 15.6 Å². The fourth-order valence-electron chi connectivity index (χ4n) is 3.91. The Labute approximate surface area is 159 Å². The summed E-state index contributed by atoms with van der Waals surface area (Å²) < 4.78 is 26.2. The molecule has 0 saturated carbocycles. The maximum Gasteiger partial charge on any atom is 0.253 e. The van der Waals surface area contributed by atoms with Gasteiger partial charge in [-0.25, -0.2) is 4.39 Å². The van der Waals surface area contributed by atoms with Crippen LogP contribution in [0.15, 0.2) is 54.6 Å². The van der Waals surface area contributed by atoms with Crippen LogP contribution in [0.4, 0.5) is 10.1 Å². The first-order valence-corrected chi connectivity index (χ1v) is 10.1. The quantitative estimate of drug-likeness (QED) is 0.797. The number of benzene rings is 2. The number of carbonyl (C=O) groups is 2. The Bertz CT molecular complexity index is 910. The number of amides is 2. The van der Waals surface area contributed by atoms with E-state index in [4.69, 9.17) is 0 Å². The van der Waals surface area contributed by atoms with E-state index in [9.17, 15) is 18.2 Å². The summed E-state index contributed by atoms with van der Waals surface area (Å²) in [6.07, 6.45) is 0.864. The molecule has 2 aliphatic rings. The highest BCUT2D eigenvalue weighted by Gasteiger charge is 2.53. The Balaban J connectivity index is 1.57. The summed E-state index contributed by atoms with van der Waals surface area (Å²) in [5.74, 6) is -0.838. The molecule has 0 N–H and O–H groups in total. The van der Waals surface area contributed by atoms with Gasteiger partial charge in [0.15, 0.2) is 0 Å². The summed E-state index contributed by atoms with van der Waals surface area (Å²) in [6.45, 7) is 0.745. The average molecular weight is 386 g/mol. The van der Waals surface area contributed by atoms with Crippen LogP contribution < -0.4 is 4.90 Å². The van der Waals surface area contributed by atoms with E-state index >= 15 is 0 Å². The van der Waals surface area contributed by atoms with Crippen LogP contribution in [0, 0.1) is 5.82 Å². The first-order valence-electron chi connectivity index (χ1n) is 8.83. The standard InChI is InChI=1S/C20H19FN2O3S/c21-16-6-4-5-15(13-16)19(25)22-11-9-20(10-12-22)23(18(24)14-27(20)26)17-7-2-1-3-8-17/h1-8,13H,9-12,14H2. The zero-order valence-electron chi connectivity index (χ0n) is 14.6. The van der Waals surface area contributed by atoms with Gasteiger partial charge in [0.2, 0.25) is 5.91 Å². The molecule has 2 aliphatic heterocycles. The highest BCUT2D eigenvalue weighted by atomic mass is 32.2. The molecule has 0 aromatic heterocycles. The zero-order chi connectivity index (χ0) is 19.0. The van der Waals surface area contributed by atoms with Crippen LogP contribution >= 0.6 is 0 Å². The molecular weight excluding hydrogens is 367 g/mol. The van der Waals surface area contributed by atoms with E-state index in [1.807, 2.05) is 30.3 Å². The predicted octanol–water partition coefficient (Wildman–Crippen LogP) is 2.55. The zero-order valence-corrected chi connectivity index (χ0v) is 15.5. The summed E-state index contributed by atoms with van der Waals surface area (Å²) in [7, 11) is -1.33. The van der Waals surface area contributed by atoms with E-state index in [2.05, 4.69) is 0 Å². The van der Waals surface area contributed by atoms with Gasteiger partial charge in [-0.3, -0.25) is 18.7 Å². The third-order valence-corrected chi connectivity index (χ3v) is 7.20. The number of para-hydroxylation sites is 1. The van der Waals surface area contributed by atoms with Gasteiger partial charge in [-0.15, -0.1) is 0 Å². The molecule has 2 saturated heterocycles. The number of carbonyl (C=O) groups excluding carboxylic acids is 2. The van der Waals surface area contributed by atoms with Gasteiger partial charge < -0.3 is 4.90 Å². The molecule has 0 radical (unpaired) electrons. The molecule has 140 valence electrons. The summed E-state index contributed by atoms with van der Waals surface area (Å²) in [6, 6.07) is 14.9. The Morgan fingerprint density at radius 1 is 1.04 bits per heavy atom. The van der Waals surface area contributed by atoms with Crippen LogP contribution in [0.2, 0.25) is 0 Å². The lowest BCUT2D eigenvalue weighted by molar-refractivity contribution is -0.116. The molecule has 2 aromatic rings. The molecule has 2 fully saturated rings. The molecule has 27 heavy (non-hydrogen) atoms. The van der Waals surface area contributed by atoms with Crippen molar-refractivity contribution in [3.8, 4) is 0 Å². The minimum absolute atomic E-state index is 0.00668. The second-order valence-electron chi connectivity index (χ2n) is 6.80. The van der Waals surface area contributed by atoms with Crippen molar-refractivity contribution in [3.63, 3.8) is 0 Å². The van der Waals surface area contributed by atoms with Crippen molar-refractivity contribution in [1.82, 2.24) is 4.90 Å². The Morgan fingerprint density at radius 2 is 1.74 bits per heavy atom. The molecule has 2 amide bonds. The van der Waals surface area contributed by atoms with Gasteiger partial charge in [0, 0.05) is 37.2 Å². The van der Waals surface area contributed by atoms with Gasteiger partial charge in [0.1, 0.15) is 16.4 Å². The Hall–Kier alpha value is -2.54. The van der Waals surface area contributed by atoms with E-state index in [1.54, 1.807) is 15.9 Å². The van der Waals surface area contributed by atoms with Gasteiger partial charge in [-0.2, -0.15) is 0 Å². The third-order valence-electron chi connectivity index (χ3n) is 5.25. The normalized spacial score (nSPS) is 21.7. The first kappa shape index (κ1) is 17.9. The molecule has 1 spiro atoms. The predicted molar refractivity (Wildman–Crippen MR) is 101 cm³/mol. The van der Waals surface area contributed by atoms with Crippen molar-refractivity contribution in [2.75, 3.05) is 23.7 Å². The second-order valence-corrected chi connectivity index (χ2v) is 8.54. The van der Waals surface area contributed by atoms with E-state index in [0.717, 1.165) is 5.69 Å². The largest absolute Gasteiger partial charge is 0.338 e. The van der Waals surface area contributed by atoms with Crippen LogP contribution in [0.1, 0.15) is 23.2 Å². The van der Waals surface area contributed by atoms with Crippen molar-refractivity contribution in [2.24, 2.45) is 0 Å². The monoisotopic (exact) mass is 386 g/mol. The second kappa shape index (κ2) is 6.88. The summed E-state index contributed by atoms with van der Waals surface area (Å²) in [4.78, 5) is 27.7. The van der Waals surface area contributed by atoms with Gasteiger partial charge in [-0.05, 0) is 30.3 Å². The van der Waals surface area contributed by atoms with Gasteiger partial charge >= 0.3 is 0 Å². The summed E-state index contributed by atoms with van der Waals surface area (Å²) in [5, 5.41) is 0. The SMILES string of the molecule is O=C(c1cccc(F)c1)N1CCC2(CC1)N(c1ccccc1)C(=O)CS2=O. The third kappa shape index (κ3) is 3.06. The maximum atomic E-state index is 13.4. The minimum Gasteiger partial charge on any atom is -0.338 e. The molecule has 2 heterocycles. The molecule has 1 unspecified atom stereocenters. The molecule has 4 rings (SSSR count). The fraction of sp³-hybridized carbons (Fsp3) is 0.300. The number of likely N-dealkylation sites (tertiary alicyclic amines) is 1. The number of hydrogen-bond donors (Lipinski definition) is 0. The van der Waals surface area contributed by atoms with E-state index in [1.165, 1.54) is 18.2 Å². The number of anilines is 1. The maximum absolute atomic E-state index is 13.4. The number of nitrogens with zero attached hydrogens (tertiary/aromatic N) is 2. The molecule has 0 aliphatic carbocycles. The molecule has 5 nitrogen and oxygen atoms in total. The highest BCUT2D eigenvalue weighted by Crippen LogP contribution is 2.40. The highest BCUT2D eigenvalue weighted by molar-refractivity contribution is 7.88. The van der Waals surface area contributed by atoms with E-state index in [-0.39, 0.29) is 17.6 Å². The molecular formula is C20H19FN2O3S. The smallest absolute Gasteiger partial charge is 0.253 e. The van der Waals surface area contributed by atoms with Gasteiger partial charge in [0.25, 0.3) is 5.91 Å². The van der Waals surface area contributed by atoms with Gasteiger partial charge in [0.05, 0.1) is 10.8 Å². The molecule has 1 atom stereocenters. The molecule has 2 aromatic carbocycles. The number of halogens is 1. The lowest BCUT2D eigenvalue weighted by Crippen LogP contribution is -2.56. The summed E-state index contributed by atoms with van der Waals surface area (Å²) >= 11 is 0. The lowest BCUT2D eigenvalue weighted by atomic mass is 10.00. The van der Waals surface area contributed by atoms with Crippen LogP contribution in [0.5, 0.6) is 0 Å². The van der Waals surface area contributed by atoms with E-state index < -0.39 is 21.5 Å². The summed E-state index contributed by atoms with van der Waals surface area (Å²) in [5.41, 5.74) is 1.03. The van der Waals surface area contributed by atoms with Crippen molar-refractivity contribution in [2.45, 2.75) is 17.7 Å². The number of piperidine rings is 1. The van der Waals surface area contributed by atoms with Crippen molar-refractivity contribution >= 4 is 28.3 Å². The molecule has 0 bridgehead atoms. The van der Waals surface area contributed by atoms with Crippen LogP contribution in [0.3, 0.4) is 0 Å². The minimum atomic E-state index is -1.33.